The van der Waals surface area contributed by atoms with E-state index in [4.69, 9.17) is 11.5 Å². The zero-order valence-electron chi connectivity index (χ0n) is 14.4. The molecule has 0 saturated heterocycles. The summed E-state index contributed by atoms with van der Waals surface area (Å²) in [4.78, 5) is 48.0. The second kappa shape index (κ2) is 7.63. The Morgan fingerprint density at radius 2 is 1.89 bits per heavy atom. The summed E-state index contributed by atoms with van der Waals surface area (Å²) in [6.07, 6.45) is 5.35. The van der Waals surface area contributed by atoms with Crippen LogP contribution in [0.15, 0.2) is 49.2 Å². The van der Waals surface area contributed by atoms with Crippen LogP contribution in [0.5, 0.6) is 5.88 Å². The minimum absolute atomic E-state index is 0.0909. The van der Waals surface area contributed by atoms with E-state index in [-0.39, 0.29) is 23.6 Å². The molecule has 28 heavy (non-hydrogen) atoms. The lowest BCUT2D eigenvalue weighted by Gasteiger charge is -2.17. The summed E-state index contributed by atoms with van der Waals surface area (Å²) >= 11 is 0. The quantitative estimate of drug-likeness (QED) is 0.571. The third-order valence-electron chi connectivity index (χ3n) is 3.77. The van der Waals surface area contributed by atoms with E-state index in [9.17, 15) is 19.5 Å². The summed E-state index contributed by atoms with van der Waals surface area (Å²) in [7, 11) is 0. The Hall–Kier alpha value is -4.12. The first-order valence-corrected chi connectivity index (χ1v) is 7.94. The molecule has 0 spiro atoms. The number of nitrogens with two attached hydrogens (primary N) is 2. The van der Waals surface area contributed by atoms with Gasteiger partial charge < -0.3 is 16.6 Å². The highest BCUT2D eigenvalue weighted by molar-refractivity contribution is 6.14. The van der Waals surface area contributed by atoms with Crippen LogP contribution >= 0.6 is 0 Å². The molecule has 3 aromatic rings. The Morgan fingerprint density at radius 1 is 1.18 bits per heavy atom. The van der Waals surface area contributed by atoms with Gasteiger partial charge in [-0.2, -0.15) is 4.98 Å². The molecule has 3 amide bonds. The summed E-state index contributed by atoms with van der Waals surface area (Å²) in [6, 6.07) is 5.01. The van der Waals surface area contributed by atoms with Crippen LogP contribution in [0.25, 0.3) is 11.4 Å². The molecular formula is C17H15N7O4. The molecule has 0 saturated carbocycles. The maximum atomic E-state index is 12.2. The molecule has 0 fully saturated rings. The molecule has 0 aliphatic carbocycles. The van der Waals surface area contributed by atoms with Crippen LogP contribution in [-0.4, -0.2) is 49.0 Å². The van der Waals surface area contributed by atoms with Gasteiger partial charge in [0.25, 0.3) is 5.91 Å². The van der Waals surface area contributed by atoms with E-state index in [1.54, 1.807) is 0 Å². The third-order valence-corrected chi connectivity index (χ3v) is 3.77. The summed E-state index contributed by atoms with van der Waals surface area (Å²) in [6.45, 7) is -0.381. The van der Waals surface area contributed by atoms with Crippen LogP contribution in [0.2, 0.25) is 0 Å². The molecule has 3 rings (SSSR count). The molecule has 142 valence electrons. The Labute approximate surface area is 158 Å². The van der Waals surface area contributed by atoms with Gasteiger partial charge in [-0.05, 0) is 24.3 Å². The number of primary amides is 1. The lowest BCUT2D eigenvalue weighted by atomic mass is 10.1. The highest BCUT2D eigenvalue weighted by Crippen LogP contribution is 2.23. The number of imidazole rings is 1. The topological polar surface area (TPSA) is 170 Å². The van der Waals surface area contributed by atoms with Crippen molar-refractivity contribution in [2.75, 3.05) is 11.4 Å². The molecule has 1 aromatic carbocycles. The SMILES string of the molecule is NCC(=O)N(C(N)=O)c1ccc(-c2ncc(C(=O)n3ccnc3)c(O)n2)cc1. The normalized spacial score (nSPS) is 10.5. The van der Waals surface area contributed by atoms with Gasteiger partial charge in [-0.1, -0.05) is 0 Å². The van der Waals surface area contributed by atoms with Gasteiger partial charge >= 0.3 is 6.03 Å². The lowest BCUT2D eigenvalue weighted by Crippen LogP contribution is -2.44. The molecule has 0 aliphatic heterocycles. The first-order valence-electron chi connectivity index (χ1n) is 7.94. The second-order valence-electron chi connectivity index (χ2n) is 5.52. The van der Waals surface area contributed by atoms with E-state index in [0.717, 1.165) is 4.90 Å². The number of aromatic nitrogens is 4. The largest absolute Gasteiger partial charge is 0.493 e. The molecule has 2 aromatic heterocycles. The van der Waals surface area contributed by atoms with E-state index in [1.807, 2.05) is 0 Å². The number of nitrogens with zero attached hydrogens (tertiary/aromatic N) is 5. The van der Waals surface area contributed by atoms with Crippen LogP contribution in [0, 0.1) is 0 Å². The van der Waals surface area contributed by atoms with Gasteiger partial charge in [-0.25, -0.2) is 19.7 Å². The molecule has 0 aliphatic rings. The molecular weight excluding hydrogens is 366 g/mol. The van der Waals surface area contributed by atoms with Crippen molar-refractivity contribution in [2.45, 2.75) is 0 Å². The van der Waals surface area contributed by atoms with Crippen LogP contribution in [0.1, 0.15) is 10.4 Å². The summed E-state index contributed by atoms with van der Waals surface area (Å²) in [5, 5.41) is 10.1. The molecule has 0 radical (unpaired) electrons. The number of carbonyl (C=O) groups is 3. The van der Waals surface area contributed by atoms with Gasteiger partial charge in [0.15, 0.2) is 5.82 Å². The molecule has 11 nitrogen and oxygen atoms in total. The zero-order chi connectivity index (χ0) is 20.3. The molecule has 11 heteroatoms. The van der Waals surface area contributed by atoms with Gasteiger partial charge in [0.2, 0.25) is 11.8 Å². The van der Waals surface area contributed by atoms with Gasteiger partial charge in [0.1, 0.15) is 11.9 Å². The standard InChI is InChI=1S/C17H15N7O4/c18-7-13(25)24(17(19)28)11-3-1-10(2-4-11)14-21-8-12(15(26)22-14)16(27)23-6-5-20-9-23/h1-6,8-9H,7,18H2,(H2,19,28)(H,21,22,26). The van der Waals surface area contributed by atoms with Crippen molar-refractivity contribution in [1.82, 2.24) is 19.5 Å². The number of rotatable bonds is 4. The number of amides is 3. The molecule has 0 unspecified atom stereocenters. The van der Waals surface area contributed by atoms with E-state index >= 15 is 0 Å². The number of benzene rings is 1. The van der Waals surface area contributed by atoms with Crippen molar-refractivity contribution < 1.29 is 19.5 Å². The summed E-state index contributed by atoms with van der Waals surface area (Å²) in [5.74, 6) is -1.54. The maximum Gasteiger partial charge on any atom is 0.326 e. The Balaban J connectivity index is 1.88. The highest BCUT2D eigenvalue weighted by Gasteiger charge is 2.20. The number of imide groups is 1. The monoisotopic (exact) mass is 381 g/mol. The van der Waals surface area contributed by atoms with Crippen LogP contribution in [-0.2, 0) is 4.79 Å². The molecule has 0 atom stereocenters. The number of hydrogen-bond donors (Lipinski definition) is 3. The minimum atomic E-state index is -0.959. The van der Waals surface area contributed by atoms with Crippen LogP contribution in [0.3, 0.4) is 0 Å². The number of aromatic hydroxyl groups is 1. The fraction of sp³-hybridized carbons (Fsp3) is 0.0588. The fourth-order valence-corrected chi connectivity index (χ4v) is 2.43. The van der Waals surface area contributed by atoms with E-state index < -0.39 is 23.7 Å². The van der Waals surface area contributed by atoms with Crippen molar-refractivity contribution >= 4 is 23.5 Å². The van der Waals surface area contributed by atoms with Crippen molar-refractivity contribution in [2.24, 2.45) is 11.5 Å². The van der Waals surface area contributed by atoms with E-state index in [0.29, 0.717) is 5.56 Å². The Bertz CT molecular complexity index is 1030. The van der Waals surface area contributed by atoms with Crippen LogP contribution in [0.4, 0.5) is 10.5 Å². The summed E-state index contributed by atoms with van der Waals surface area (Å²) in [5.41, 5.74) is 11.1. The average molecular weight is 381 g/mol. The van der Waals surface area contributed by atoms with Gasteiger partial charge in [0, 0.05) is 24.2 Å². The number of hydrogen-bond acceptors (Lipinski definition) is 8. The number of anilines is 1. The second-order valence-corrected chi connectivity index (χ2v) is 5.52. The summed E-state index contributed by atoms with van der Waals surface area (Å²) < 4.78 is 1.18. The zero-order valence-corrected chi connectivity index (χ0v) is 14.4. The smallest absolute Gasteiger partial charge is 0.326 e. The molecule has 0 bridgehead atoms. The van der Waals surface area contributed by atoms with Gasteiger partial charge in [-0.3, -0.25) is 14.2 Å². The minimum Gasteiger partial charge on any atom is -0.493 e. The average Bonchev–Trinajstić information content (AvgIpc) is 3.22. The van der Waals surface area contributed by atoms with E-state index in [1.165, 1.54) is 53.8 Å². The molecule has 5 N–H and O–H groups in total. The molecule has 2 heterocycles. The maximum absolute atomic E-state index is 12.2. The van der Waals surface area contributed by atoms with Crippen molar-refractivity contribution in [3.05, 3.63) is 54.7 Å². The first kappa shape index (κ1) is 18.7. The number of urea groups is 1. The fourth-order valence-electron chi connectivity index (χ4n) is 2.43. The van der Waals surface area contributed by atoms with Gasteiger partial charge in [0.05, 0.1) is 12.2 Å². The first-order chi connectivity index (χ1) is 13.4. The van der Waals surface area contributed by atoms with Crippen molar-refractivity contribution in [3.8, 4) is 17.3 Å². The number of carbonyl (C=O) groups excluding carboxylic acids is 3. The Kier molecular flexibility index (Phi) is 5.09. The van der Waals surface area contributed by atoms with E-state index in [2.05, 4.69) is 15.0 Å². The lowest BCUT2D eigenvalue weighted by molar-refractivity contribution is -0.116. The van der Waals surface area contributed by atoms with Gasteiger partial charge in [-0.15, -0.1) is 0 Å². The predicted molar refractivity (Wildman–Crippen MR) is 97.2 cm³/mol. The highest BCUT2D eigenvalue weighted by atomic mass is 16.3. The van der Waals surface area contributed by atoms with Crippen molar-refractivity contribution in [3.63, 3.8) is 0 Å². The van der Waals surface area contributed by atoms with Crippen LogP contribution < -0.4 is 16.4 Å². The predicted octanol–water partition coefficient (Wildman–Crippen LogP) is 0.105. The third kappa shape index (κ3) is 3.54. The van der Waals surface area contributed by atoms with Crippen molar-refractivity contribution in [1.29, 1.82) is 0 Å². The Morgan fingerprint density at radius 3 is 2.43 bits per heavy atom.